The Morgan fingerprint density at radius 2 is 1.51 bits per heavy atom. The van der Waals surface area contributed by atoms with Crippen molar-refractivity contribution >= 4 is 34.4 Å². The predicted octanol–water partition coefficient (Wildman–Crippen LogP) is 5.02. The maximum atomic E-state index is 12.3. The van der Waals surface area contributed by atoms with Gasteiger partial charge in [0.15, 0.2) is 0 Å². The van der Waals surface area contributed by atoms with Gasteiger partial charge in [-0.05, 0) is 51.2 Å². The van der Waals surface area contributed by atoms with Crippen LogP contribution in [0.3, 0.4) is 0 Å². The van der Waals surface area contributed by atoms with E-state index in [4.69, 9.17) is 4.74 Å². The van der Waals surface area contributed by atoms with E-state index in [1.54, 1.807) is 30.3 Å². The zero-order chi connectivity index (χ0) is 24.4. The van der Waals surface area contributed by atoms with Crippen molar-refractivity contribution in [2.75, 3.05) is 18.5 Å². The minimum atomic E-state index is -1.01. The summed E-state index contributed by atoms with van der Waals surface area (Å²) in [7, 11) is 0. The first-order valence-corrected chi connectivity index (χ1v) is 11.2. The maximum absolute atomic E-state index is 12.3. The van der Waals surface area contributed by atoms with Crippen molar-refractivity contribution in [2.45, 2.75) is 5.92 Å². The highest BCUT2D eigenvalue weighted by atomic mass is 16.5. The number of hydrogen-bond donors (Lipinski definition) is 3. The standard InChI is InChI=1S/C28H22N2O5/c31-26(30-18-12-13-19-17(14-18)6-5-11-24(19)27(32)33)15-29-28(34)35-16-25-22-9-3-1-7-20(22)21-8-2-4-10-23(21)25/h1-14,25H,15-16H2,(H,29,34)(H,30,31)(H,32,33). The van der Waals surface area contributed by atoms with E-state index in [9.17, 15) is 19.5 Å². The molecule has 5 rings (SSSR count). The molecule has 0 atom stereocenters. The molecule has 0 heterocycles. The van der Waals surface area contributed by atoms with E-state index in [1.807, 2.05) is 36.4 Å². The Morgan fingerprint density at radius 1 is 0.829 bits per heavy atom. The number of carboxylic acid groups (broad SMARTS) is 1. The summed E-state index contributed by atoms with van der Waals surface area (Å²) in [6, 6.07) is 26.0. The summed E-state index contributed by atoms with van der Waals surface area (Å²) in [5, 5.41) is 15.8. The van der Waals surface area contributed by atoms with Crippen molar-refractivity contribution < 1.29 is 24.2 Å². The number of aromatic carboxylic acids is 1. The minimum Gasteiger partial charge on any atom is -0.478 e. The van der Waals surface area contributed by atoms with Gasteiger partial charge in [-0.15, -0.1) is 0 Å². The molecule has 1 aliphatic carbocycles. The number of fused-ring (bicyclic) bond motifs is 4. The molecule has 3 N–H and O–H groups in total. The van der Waals surface area contributed by atoms with Crippen LogP contribution in [-0.2, 0) is 9.53 Å². The first kappa shape index (κ1) is 22.2. The molecule has 0 fully saturated rings. The van der Waals surface area contributed by atoms with E-state index in [-0.39, 0.29) is 24.6 Å². The van der Waals surface area contributed by atoms with Gasteiger partial charge < -0.3 is 20.5 Å². The van der Waals surface area contributed by atoms with E-state index in [0.29, 0.717) is 16.5 Å². The summed E-state index contributed by atoms with van der Waals surface area (Å²) in [6.45, 7) is -0.0953. The van der Waals surface area contributed by atoms with Crippen LogP contribution in [-0.4, -0.2) is 36.2 Å². The summed E-state index contributed by atoms with van der Waals surface area (Å²) in [6.07, 6.45) is -0.674. The number of ether oxygens (including phenoxy) is 1. The molecule has 0 bridgehead atoms. The van der Waals surface area contributed by atoms with Gasteiger partial charge >= 0.3 is 12.1 Å². The number of alkyl carbamates (subject to hydrolysis) is 1. The monoisotopic (exact) mass is 466 g/mol. The van der Waals surface area contributed by atoms with Crippen molar-refractivity contribution in [1.82, 2.24) is 5.32 Å². The van der Waals surface area contributed by atoms with Crippen molar-refractivity contribution in [3.63, 3.8) is 0 Å². The predicted molar refractivity (Wildman–Crippen MR) is 133 cm³/mol. The van der Waals surface area contributed by atoms with E-state index in [1.165, 1.54) is 6.07 Å². The Kier molecular flexibility index (Phi) is 5.89. The van der Waals surface area contributed by atoms with Crippen molar-refractivity contribution in [3.05, 3.63) is 102 Å². The third kappa shape index (κ3) is 4.44. The summed E-state index contributed by atoms with van der Waals surface area (Å²) in [5.74, 6) is -1.50. The van der Waals surface area contributed by atoms with Gasteiger partial charge in [0.1, 0.15) is 13.2 Å². The van der Waals surface area contributed by atoms with Crippen LogP contribution in [0.15, 0.2) is 84.9 Å². The molecule has 7 nitrogen and oxygen atoms in total. The number of carboxylic acids is 1. The fourth-order valence-electron chi connectivity index (χ4n) is 4.56. The Bertz CT molecular complexity index is 1420. The lowest BCUT2D eigenvalue weighted by Crippen LogP contribution is -2.33. The van der Waals surface area contributed by atoms with Crippen molar-refractivity contribution in [1.29, 1.82) is 0 Å². The lowest BCUT2D eigenvalue weighted by atomic mass is 9.98. The van der Waals surface area contributed by atoms with Gasteiger partial charge in [-0.1, -0.05) is 66.7 Å². The van der Waals surface area contributed by atoms with Crippen LogP contribution in [0, 0.1) is 0 Å². The van der Waals surface area contributed by atoms with Crippen LogP contribution in [0.2, 0.25) is 0 Å². The Morgan fingerprint density at radius 3 is 2.20 bits per heavy atom. The lowest BCUT2D eigenvalue weighted by Gasteiger charge is -2.14. The Labute approximate surface area is 201 Å². The second kappa shape index (κ2) is 9.30. The van der Waals surface area contributed by atoms with E-state index < -0.39 is 18.0 Å². The average molecular weight is 466 g/mol. The molecule has 1 aliphatic rings. The molecule has 35 heavy (non-hydrogen) atoms. The number of amides is 2. The highest BCUT2D eigenvalue weighted by Gasteiger charge is 2.29. The van der Waals surface area contributed by atoms with Crippen LogP contribution in [0.25, 0.3) is 21.9 Å². The highest BCUT2D eigenvalue weighted by Crippen LogP contribution is 2.44. The summed E-state index contributed by atoms with van der Waals surface area (Å²) >= 11 is 0. The number of carbonyl (C=O) groups excluding carboxylic acids is 2. The highest BCUT2D eigenvalue weighted by molar-refractivity contribution is 6.05. The number of anilines is 1. The van der Waals surface area contributed by atoms with Crippen molar-refractivity contribution in [3.8, 4) is 11.1 Å². The van der Waals surface area contributed by atoms with Crippen LogP contribution in [0.4, 0.5) is 10.5 Å². The van der Waals surface area contributed by atoms with E-state index in [0.717, 1.165) is 22.3 Å². The largest absolute Gasteiger partial charge is 0.478 e. The first-order valence-electron chi connectivity index (χ1n) is 11.2. The van der Waals surface area contributed by atoms with Crippen LogP contribution < -0.4 is 10.6 Å². The minimum absolute atomic E-state index is 0.0599. The second-order valence-electron chi connectivity index (χ2n) is 8.27. The Balaban J connectivity index is 1.17. The average Bonchev–Trinajstić information content (AvgIpc) is 3.19. The van der Waals surface area contributed by atoms with Gasteiger partial charge in [0.05, 0.1) is 5.56 Å². The summed E-state index contributed by atoms with van der Waals surface area (Å²) in [4.78, 5) is 36.0. The number of carbonyl (C=O) groups is 3. The van der Waals surface area contributed by atoms with E-state index >= 15 is 0 Å². The molecule has 0 saturated heterocycles. The second-order valence-corrected chi connectivity index (χ2v) is 8.27. The quantitative estimate of drug-likeness (QED) is 0.370. The zero-order valence-electron chi connectivity index (χ0n) is 18.7. The Hall–Kier alpha value is -4.65. The topological polar surface area (TPSA) is 105 Å². The summed E-state index contributed by atoms with van der Waals surface area (Å²) < 4.78 is 5.45. The SMILES string of the molecule is O=C(CNC(=O)OCC1c2ccccc2-c2ccccc21)Nc1ccc2c(C(=O)O)cccc2c1. The van der Waals surface area contributed by atoms with Gasteiger partial charge in [0.2, 0.25) is 5.91 Å². The van der Waals surface area contributed by atoms with Crippen LogP contribution in [0.1, 0.15) is 27.4 Å². The van der Waals surface area contributed by atoms with Crippen LogP contribution >= 0.6 is 0 Å². The maximum Gasteiger partial charge on any atom is 0.407 e. The molecule has 7 heteroatoms. The van der Waals surface area contributed by atoms with E-state index in [2.05, 4.69) is 22.8 Å². The molecule has 0 unspecified atom stereocenters. The summed E-state index contributed by atoms with van der Waals surface area (Å²) in [5.41, 5.74) is 5.20. The third-order valence-corrected chi connectivity index (χ3v) is 6.13. The molecule has 2 amide bonds. The fourth-order valence-corrected chi connectivity index (χ4v) is 4.56. The van der Waals surface area contributed by atoms with Gasteiger partial charge in [-0.2, -0.15) is 0 Å². The number of benzene rings is 4. The van der Waals surface area contributed by atoms with Crippen molar-refractivity contribution in [2.24, 2.45) is 0 Å². The van der Waals surface area contributed by atoms with Gasteiger partial charge in [-0.3, -0.25) is 4.79 Å². The molecule has 4 aromatic carbocycles. The molecule has 0 aromatic heterocycles. The first-order chi connectivity index (χ1) is 17.0. The zero-order valence-corrected chi connectivity index (χ0v) is 18.7. The molecule has 0 spiro atoms. The molecule has 0 aliphatic heterocycles. The third-order valence-electron chi connectivity index (χ3n) is 6.13. The van der Waals surface area contributed by atoms with Gasteiger partial charge in [0, 0.05) is 11.6 Å². The number of hydrogen-bond acceptors (Lipinski definition) is 4. The number of nitrogens with one attached hydrogen (secondary N) is 2. The molecule has 0 radical (unpaired) electrons. The molecule has 4 aromatic rings. The van der Waals surface area contributed by atoms with Gasteiger partial charge in [0.25, 0.3) is 0 Å². The fraction of sp³-hybridized carbons (Fsp3) is 0.107. The molecular formula is C28H22N2O5. The molecule has 174 valence electrons. The molecule has 0 saturated carbocycles. The number of rotatable bonds is 6. The molecular weight excluding hydrogens is 444 g/mol. The van der Waals surface area contributed by atoms with Crippen LogP contribution in [0.5, 0.6) is 0 Å². The normalized spacial score (nSPS) is 12.0. The van der Waals surface area contributed by atoms with Gasteiger partial charge in [-0.25, -0.2) is 9.59 Å². The smallest absolute Gasteiger partial charge is 0.407 e. The lowest BCUT2D eigenvalue weighted by molar-refractivity contribution is -0.115.